The Morgan fingerprint density at radius 2 is 2.15 bits per heavy atom. The van der Waals surface area contributed by atoms with Crippen molar-refractivity contribution in [3.05, 3.63) is 0 Å². The van der Waals surface area contributed by atoms with Crippen LogP contribution in [-0.4, -0.2) is 12.6 Å². The van der Waals surface area contributed by atoms with E-state index in [9.17, 15) is 0 Å². The van der Waals surface area contributed by atoms with E-state index in [1.807, 2.05) is 0 Å². The molecule has 1 aliphatic carbocycles. The first-order chi connectivity index (χ1) is 6.22. The van der Waals surface area contributed by atoms with Gasteiger partial charge < -0.3 is 5.32 Å². The van der Waals surface area contributed by atoms with Gasteiger partial charge in [0.1, 0.15) is 0 Å². The monoisotopic (exact) mass is 183 g/mol. The predicted octanol–water partition coefficient (Wildman–Crippen LogP) is 3.20. The van der Waals surface area contributed by atoms with Crippen LogP contribution < -0.4 is 5.32 Å². The Labute approximate surface area is 83.3 Å². The summed E-state index contributed by atoms with van der Waals surface area (Å²) in [6, 6.07) is 0.723. The van der Waals surface area contributed by atoms with Gasteiger partial charge in [-0.3, -0.25) is 0 Å². The van der Waals surface area contributed by atoms with Gasteiger partial charge >= 0.3 is 0 Å². The Morgan fingerprint density at radius 3 is 2.69 bits per heavy atom. The molecule has 1 rings (SSSR count). The van der Waals surface area contributed by atoms with Crippen LogP contribution in [0.4, 0.5) is 0 Å². The van der Waals surface area contributed by atoms with Gasteiger partial charge in [-0.15, -0.1) is 0 Å². The van der Waals surface area contributed by atoms with Crippen molar-refractivity contribution in [2.24, 2.45) is 11.8 Å². The summed E-state index contributed by atoms with van der Waals surface area (Å²) in [5.41, 5.74) is 0. The Kier molecular flexibility index (Phi) is 4.79. The molecule has 0 heterocycles. The molecule has 1 heteroatoms. The molecule has 0 aromatic carbocycles. The molecule has 0 radical (unpaired) electrons. The van der Waals surface area contributed by atoms with E-state index in [1.54, 1.807) is 0 Å². The van der Waals surface area contributed by atoms with Crippen LogP contribution in [0.15, 0.2) is 0 Å². The van der Waals surface area contributed by atoms with Crippen LogP contribution in [0.1, 0.15) is 52.9 Å². The van der Waals surface area contributed by atoms with Gasteiger partial charge in [-0.1, -0.05) is 26.7 Å². The van der Waals surface area contributed by atoms with Crippen LogP contribution >= 0.6 is 0 Å². The summed E-state index contributed by atoms with van der Waals surface area (Å²) in [6.45, 7) is 8.21. The zero-order chi connectivity index (χ0) is 9.68. The fraction of sp³-hybridized carbons (Fsp3) is 1.00. The third kappa shape index (κ3) is 4.12. The molecular formula is C12H25N. The van der Waals surface area contributed by atoms with Gasteiger partial charge in [0.05, 0.1) is 0 Å². The van der Waals surface area contributed by atoms with E-state index in [0.29, 0.717) is 0 Å². The number of hydrogen-bond donors (Lipinski definition) is 1. The van der Waals surface area contributed by atoms with Crippen LogP contribution in [0.5, 0.6) is 0 Å². The van der Waals surface area contributed by atoms with Crippen molar-refractivity contribution in [2.75, 3.05) is 6.54 Å². The molecule has 1 fully saturated rings. The van der Waals surface area contributed by atoms with Gasteiger partial charge in [-0.2, -0.15) is 0 Å². The zero-order valence-corrected chi connectivity index (χ0v) is 9.47. The summed E-state index contributed by atoms with van der Waals surface area (Å²) in [5.74, 6) is 1.95. The second-order valence-electron chi connectivity index (χ2n) is 4.88. The smallest absolute Gasteiger partial charge is 0.00387 e. The maximum absolute atomic E-state index is 3.65. The van der Waals surface area contributed by atoms with Crippen molar-refractivity contribution in [1.29, 1.82) is 0 Å². The van der Waals surface area contributed by atoms with Crippen molar-refractivity contribution in [2.45, 2.75) is 58.9 Å². The van der Waals surface area contributed by atoms with E-state index in [0.717, 1.165) is 17.9 Å². The van der Waals surface area contributed by atoms with Gasteiger partial charge in [-0.25, -0.2) is 0 Å². The molecule has 0 saturated heterocycles. The highest BCUT2D eigenvalue weighted by Gasteiger charge is 2.20. The minimum absolute atomic E-state index is 0.723. The number of rotatable bonds is 5. The normalized spacial score (nSPS) is 30.7. The van der Waals surface area contributed by atoms with Gasteiger partial charge in [0, 0.05) is 6.04 Å². The summed E-state index contributed by atoms with van der Waals surface area (Å²) in [4.78, 5) is 0. The Morgan fingerprint density at radius 1 is 1.38 bits per heavy atom. The van der Waals surface area contributed by atoms with Crippen molar-refractivity contribution in [1.82, 2.24) is 5.32 Å². The molecule has 0 aromatic rings. The van der Waals surface area contributed by atoms with Crippen molar-refractivity contribution in [3.8, 4) is 0 Å². The fourth-order valence-corrected chi connectivity index (χ4v) is 2.41. The van der Waals surface area contributed by atoms with Crippen LogP contribution in [0, 0.1) is 11.8 Å². The first-order valence-electron chi connectivity index (χ1n) is 5.95. The molecule has 0 aromatic heterocycles. The van der Waals surface area contributed by atoms with Gasteiger partial charge in [-0.05, 0) is 44.6 Å². The summed E-state index contributed by atoms with van der Waals surface area (Å²) in [7, 11) is 0. The number of hydrogen-bond acceptors (Lipinski definition) is 1. The van der Waals surface area contributed by atoms with Gasteiger partial charge in [0.25, 0.3) is 0 Å². The van der Waals surface area contributed by atoms with Gasteiger partial charge in [0.2, 0.25) is 0 Å². The molecule has 0 bridgehead atoms. The molecule has 0 amide bonds. The lowest BCUT2D eigenvalue weighted by Crippen LogP contribution is -2.30. The SMILES string of the molecule is CCCC(C)NCC1CCC(C)C1. The second kappa shape index (κ2) is 5.64. The maximum atomic E-state index is 3.65. The van der Waals surface area contributed by atoms with E-state index in [-0.39, 0.29) is 0 Å². The third-order valence-corrected chi connectivity index (χ3v) is 3.28. The number of nitrogens with one attached hydrogen (secondary N) is 1. The minimum Gasteiger partial charge on any atom is -0.314 e. The topological polar surface area (TPSA) is 12.0 Å². The molecule has 0 aliphatic heterocycles. The zero-order valence-electron chi connectivity index (χ0n) is 9.47. The Hall–Kier alpha value is -0.0400. The summed E-state index contributed by atoms with van der Waals surface area (Å²) < 4.78 is 0. The minimum atomic E-state index is 0.723. The van der Waals surface area contributed by atoms with E-state index in [1.165, 1.54) is 38.6 Å². The highest BCUT2D eigenvalue weighted by molar-refractivity contribution is 4.75. The first-order valence-corrected chi connectivity index (χ1v) is 5.95. The van der Waals surface area contributed by atoms with E-state index in [4.69, 9.17) is 0 Å². The Balaban J connectivity index is 2.05. The van der Waals surface area contributed by atoms with Crippen molar-refractivity contribution in [3.63, 3.8) is 0 Å². The summed E-state index contributed by atoms with van der Waals surface area (Å²) in [6.07, 6.45) is 6.98. The Bertz CT molecular complexity index is 133. The molecular weight excluding hydrogens is 158 g/mol. The maximum Gasteiger partial charge on any atom is 0.00387 e. The fourth-order valence-electron chi connectivity index (χ4n) is 2.41. The standard InChI is InChI=1S/C12H25N/c1-4-5-11(3)13-9-12-7-6-10(2)8-12/h10-13H,4-9H2,1-3H3. The summed E-state index contributed by atoms with van der Waals surface area (Å²) in [5, 5.41) is 3.65. The third-order valence-electron chi connectivity index (χ3n) is 3.28. The van der Waals surface area contributed by atoms with E-state index >= 15 is 0 Å². The highest BCUT2D eigenvalue weighted by Crippen LogP contribution is 2.29. The van der Waals surface area contributed by atoms with Crippen molar-refractivity contribution >= 4 is 0 Å². The van der Waals surface area contributed by atoms with Crippen molar-refractivity contribution < 1.29 is 0 Å². The van der Waals surface area contributed by atoms with Gasteiger partial charge in [0.15, 0.2) is 0 Å². The summed E-state index contributed by atoms with van der Waals surface area (Å²) >= 11 is 0. The highest BCUT2D eigenvalue weighted by atomic mass is 14.9. The van der Waals surface area contributed by atoms with Crippen LogP contribution in [-0.2, 0) is 0 Å². The predicted molar refractivity (Wildman–Crippen MR) is 58.9 cm³/mol. The average molecular weight is 183 g/mol. The van der Waals surface area contributed by atoms with Crippen LogP contribution in [0.2, 0.25) is 0 Å². The lowest BCUT2D eigenvalue weighted by Gasteiger charge is -2.16. The molecule has 3 atom stereocenters. The lowest BCUT2D eigenvalue weighted by molar-refractivity contribution is 0.421. The van der Waals surface area contributed by atoms with E-state index in [2.05, 4.69) is 26.1 Å². The van der Waals surface area contributed by atoms with Crippen LogP contribution in [0.3, 0.4) is 0 Å². The quantitative estimate of drug-likeness (QED) is 0.690. The van der Waals surface area contributed by atoms with E-state index < -0.39 is 0 Å². The molecule has 1 aliphatic rings. The largest absolute Gasteiger partial charge is 0.314 e. The molecule has 78 valence electrons. The first kappa shape index (κ1) is 11.0. The second-order valence-corrected chi connectivity index (χ2v) is 4.88. The molecule has 13 heavy (non-hydrogen) atoms. The van der Waals surface area contributed by atoms with Crippen LogP contribution in [0.25, 0.3) is 0 Å². The molecule has 1 saturated carbocycles. The lowest BCUT2D eigenvalue weighted by atomic mass is 10.1. The molecule has 3 unspecified atom stereocenters. The molecule has 1 nitrogen and oxygen atoms in total. The average Bonchev–Trinajstić information content (AvgIpc) is 2.49. The molecule has 0 spiro atoms. The molecule has 1 N–H and O–H groups in total.